The molecule has 0 aliphatic heterocycles. The van der Waals surface area contributed by atoms with Gasteiger partial charge in [-0.25, -0.2) is 0 Å². The van der Waals surface area contributed by atoms with Gasteiger partial charge in [-0.3, -0.25) is 24.4 Å². The Morgan fingerprint density at radius 3 is 1.82 bits per heavy atom. The third-order valence-corrected chi connectivity index (χ3v) is 3.62. The molecule has 0 saturated carbocycles. The highest BCUT2D eigenvalue weighted by atomic mass is 32.2. The second-order valence-electron chi connectivity index (χ2n) is 3.72. The monoisotopic (exact) mass is 341 g/mol. The van der Waals surface area contributed by atoms with E-state index in [1.54, 1.807) is 0 Å². The minimum atomic E-state index is -5.12. The molecule has 1 atom stereocenters. The van der Waals surface area contributed by atoms with Crippen molar-refractivity contribution in [3.63, 3.8) is 0 Å². The highest BCUT2D eigenvalue weighted by Gasteiger charge is 2.39. The van der Waals surface area contributed by atoms with Gasteiger partial charge >= 0.3 is 6.18 Å². The van der Waals surface area contributed by atoms with Crippen LogP contribution >= 0.6 is 0 Å². The zero-order valence-corrected chi connectivity index (χ0v) is 11.0. The standard InChI is InChI=1S/C9H5F3N2O7S/c10-9(11,12)4-1-5(13(17)18)8(6(2-4)14(19)20)22(21)3-7(15)16/h1-2H,3H2,(H,15,16)/p-1/t22-/m0/s1. The normalized spacial score (nSPS) is 12.7. The Bertz CT molecular complexity index is 653. The molecule has 0 fully saturated rings. The van der Waals surface area contributed by atoms with Crippen LogP contribution in [-0.4, -0.2) is 25.8 Å². The molecule has 0 aromatic heterocycles. The average Bonchev–Trinajstić information content (AvgIpc) is 2.34. The summed E-state index contributed by atoms with van der Waals surface area (Å²) < 4.78 is 49.4. The van der Waals surface area contributed by atoms with E-state index < -0.39 is 60.4 Å². The van der Waals surface area contributed by atoms with E-state index in [0.29, 0.717) is 0 Å². The average molecular weight is 341 g/mol. The van der Waals surface area contributed by atoms with Crippen molar-refractivity contribution in [1.29, 1.82) is 0 Å². The number of nitro benzene ring substituents is 2. The van der Waals surface area contributed by atoms with Gasteiger partial charge in [0.05, 0.1) is 37.9 Å². The molecular formula is C9H4F3N2O7S-. The summed E-state index contributed by atoms with van der Waals surface area (Å²) in [5, 5.41) is 31.9. The maximum absolute atomic E-state index is 12.6. The number of rotatable bonds is 5. The van der Waals surface area contributed by atoms with Gasteiger partial charge in [-0.1, -0.05) is 0 Å². The van der Waals surface area contributed by atoms with Gasteiger partial charge in [0.25, 0.3) is 11.4 Å². The van der Waals surface area contributed by atoms with Crippen molar-refractivity contribution in [1.82, 2.24) is 0 Å². The molecule has 0 heterocycles. The number of benzene rings is 1. The highest BCUT2D eigenvalue weighted by Crippen LogP contribution is 2.39. The zero-order valence-electron chi connectivity index (χ0n) is 10.2. The van der Waals surface area contributed by atoms with E-state index in [1.807, 2.05) is 0 Å². The van der Waals surface area contributed by atoms with E-state index in [2.05, 4.69) is 0 Å². The molecule has 0 radical (unpaired) electrons. The second-order valence-corrected chi connectivity index (χ2v) is 5.11. The number of carbonyl (C=O) groups excluding carboxylic acids is 1. The smallest absolute Gasteiger partial charge is 0.416 e. The van der Waals surface area contributed by atoms with E-state index in [1.165, 1.54) is 0 Å². The van der Waals surface area contributed by atoms with E-state index >= 15 is 0 Å². The van der Waals surface area contributed by atoms with Gasteiger partial charge in [-0.15, -0.1) is 0 Å². The van der Waals surface area contributed by atoms with Gasteiger partial charge in [0, 0.05) is 12.1 Å². The Balaban J connectivity index is 3.72. The molecule has 1 aromatic rings. The van der Waals surface area contributed by atoms with Crippen LogP contribution in [-0.2, 0) is 21.8 Å². The van der Waals surface area contributed by atoms with Crippen LogP contribution in [0.3, 0.4) is 0 Å². The molecule has 9 nitrogen and oxygen atoms in total. The first-order valence-corrected chi connectivity index (χ1v) is 6.39. The minimum absolute atomic E-state index is 0.0461. The summed E-state index contributed by atoms with van der Waals surface area (Å²) in [7, 11) is -2.83. The summed E-state index contributed by atoms with van der Waals surface area (Å²) in [4.78, 5) is 27.9. The van der Waals surface area contributed by atoms with Crippen LogP contribution in [0.4, 0.5) is 24.5 Å². The van der Waals surface area contributed by atoms with Gasteiger partial charge in [-0.05, 0) is 0 Å². The van der Waals surface area contributed by atoms with Crippen molar-refractivity contribution < 1.29 is 37.1 Å². The summed E-state index contributed by atoms with van der Waals surface area (Å²) in [5.74, 6) is -3.28. The minimum Gasteiger partial charge on any atom is -0.549 e. The molecule has 0 spiro atoms. The van der Waals surface area contributed by atoms with Crippen LogP contribution in [0.25, 0.3) is 0 Å². The predicted molar refractivity (Wildman–Crippen MR) is 61.0 cm³/mol. The van der Waals surface area contributed by atoms with Crippen LogP contribution in [0.15, 0.2) is 17.0 Å². The maximum Gasteiger partial charge on any atom is 0.416 e. The quantitative estimate of drug-likeness (QED) is 0.556. The number of hydrogen-bond donors (Lipinski definition) is 0. The SMILES string of the molecule is O=C([O-])C[S@](=O)c1c([N+](=O)[O-])cc(C(F)(F)F)cc1[N+](=O)[O-]. The Kier molecular flexibility index (Phi) is 4.80. The summed E-state index contributed by atoms with van der Waals surface area (Å²) in [5.41, 5.74) is -4.61. The van der Waals surface area contributed by atoms with Crippen molar-refractivity contribution in [3.8, 4) is 0 Å². The molecule has 0 amide bonds. The Hall–Kier alpha value is -2.57. The summed E-state index contributed by atoms with van der Waals surface area (Å²) in [6, 6.07) is -0.0922. The van der Waals surface area contributed by atoms with Crippen molar-refractivity contribution in [3.05, 3.63) is 37.9 Å². The van der Waals surface area contributed by atoms with Gasteiger partial charge in [0.2, 0.25) is 0 Å². The van der Waals surface area contributed by atoms with Crippen molar-refractivity contribution in [2.75, 3.05) is 5.75 Å². The lowest BCUT2D eigenvalue weighted by Gasteiger charge is -2.10. The van der Waals surface area contributed by atoms with Crippen molar-refractivity contribution in [2.45, 2.75) is 11.1 Å². The molecule has 13 heteroatoms. The molecular weight excluding hydrogens is 337 g/mol. The predicted octanol–water partition coefficient (Wildman–Crippen LogP) is 0.379. The first kappa shape index (κ1) is 17.5. The number of hydrogen-bond acceptors (Lipinski definition) is 7. The Labute approximate surface area is 121 Å². The summed E-state index contributed by atoms with van der Waals surface area (Å²) in [6.07, 6.45) is -5.12. The largest absolute Gasteiger partial charge is 0.549 e. The number of aliphatic carboxylic acids is 1. The number of carbonyl (C=O) groups is 1. The fourth-order valence-corrected chi connectivity index (χ4v) is 2.54. The number of nitro groups is 2. The summed E-state index contributed by atoms with van der Waals surface area (Å²) >= 11 is 0. The Morgan fingerprint density at radius 2 is 1.55 bits per heavy atom. The molecule has 0 bridgehead atoms. The number of halogens is 3. The van der Waals surface area contributed by atoms with Crippen LogP contribution in [0.5, 0.6) is 0 Å². The fourth-order valence-electron chi connectivity index (χ4n) is 1.45. The summed E-state index contributed by atoms with van der Waals surface area (Å²) in [6.45, 7) is 0. The van der Waals surface area contributed by atoms with E-state index in [0.717, 1.165) is 0 Å². The van der Waals surface area contributed by atoms with Gasteiger partial charge in [-0.2, -0.15) is 13.2 Å². The zero-order chi connectivity index (χ0) is 17.2. The Morgan fingerprint density at radius 1 is 1.14 bits per heavy atom. The first-order chi connectivity index (χ1) is 9.95. The number of nitrogens with zero attached hydrogens (tertiary/aromatic N) is 2. The van der Waals surface area contributed by atoms with Gasteiger partial charge in [0.1, 0.15) is 0 Å². The lowest BCUT2D eigenvalue weighted by atomic mass is 10.1. The van der Waals surface area contributed by atoms with Gasteiger partial charge < -0.3 is 9.90 Å². The molecule has 1 rings (SSSR count). The molecule has 0 aliphatic rings. The molecule has 120 valence electrons. The molecule has 0 unspecified atom stereocenters. The lowest BCUT2D eigenvalue weighted by molar-refractivity contribution is -0.400. The number of alkyl halides is 3. The number of carboxylic acid groups (broad SMARTS) is 1. The third-order valence-electron chi connectivity index (χ3n) is 2.25. The van der Waals surface area contributed by atoms with E-state index in [-0.39, 0.29) is 12.1 Å². The third kappa shape index (κ3) is 3.75. The molecule has 1 aromatic carbocycles. The molecule has 0 aliphatic carbocycles. The molecule has 0 N–H and O–H groups in total. The highest BCUT2D eigenvalue weighted by molar-refractivity contribution is 7.86. The maximum atomic E-state index is 12.6. The lowest BCUT2D eigenvalue weighted by Crippen LogP contribution is -2.28. The second kappa shape index (κ2) is 6.05. The van der Waals surface area contributed by atoms with Crippen LogP contribution in [0, 0.1) is 20.2 Å². The van der Waals surface area contributed by atoms with E-state index in [9.17, 15) is 47.5 Å². The fraction of sp³-hybridized carbons (Fsp3) is 0.222. The van der Waals surface area contributed by atoms with Gasteiger partial charge in [0.15, 0.2) is 4.90 Å². The van der Waals surface area contributed by atoms with Crippen LogP contribution in [0.1, 0.15) is 5.56 Å². The van der Waals surface area contributed by atoms with Crippen LogP contribution in [0.2, 0.25) is 0 Å². The first-order valence-electron chi connectivity index (χ1n) is 5.07. The molecule has 0 saturated heterocycles. The molecule has 22 heavy (non-hydrogen) atoms. The van der Waals surface area contributed by atoms with E-state index in [4.69, 9.17) is 0 Å². The van der Waals surface area contributed by atoms with Crippen molar-refractivity contribution in [2.24, 2.45) is 0 Å². The topological polar surface area (TPSA) is 143 Å². The van der Waals surface area contributed by atoms with Crippen LogP contribution < -0.4 is 5.11 Å². The van der Waals surface area contributed by atoms with Crippen molar-refractivity contribution >= 4 is 28.1 Å². The number of carboxylic acids is 1.